The number of hydrogen-bond acceptors (Lipinski definition) is 2. The fraction of sp³-hybridized carbons (Fsp3) is 0.333. The molecule has 13 heavy (non-hydrogen) atoms. The van der Waals surface area contributed by atoms with Crippen LogP contribution in [-0.2, 0) is 0 Å². The Kier molecular flexibility index (Phi) is 3.57. The summed E-state index contributed by atoms with van der Waals surface area (Å²) in [6, 6.07) is 3.57. The Morgan fingerprint density at radius 1 is 1.38 bits per heavy atom. The highest BCUT2D eigenvalue weighted by atomic mass is 32.2. The minimum absolute atomic E-state index is 0.136. The maximum Gasteiger partial charge on any atom is 0.146 e. The van der Waals surface area contributed by atoms with Crippen molar-refractivity contribution in [1.29, 1.82) is 0 Å². The maximum absolute atomic E-state index is 13.7. The molecule has 0 bridgehead atoms. The normalized spacial score (nSPS) is 10.8. The molecule has 0 atom stereocenters. The first-order valence-corrected chi connectivity index (χ1v) is 7.33. The highest BCUT2D eigenvalue weighted by molar-refractivity contribution is 7.98. The summed E-state index contributed by atoms with van der Waals surface area (Å²) < 4.78 is 13.7. The van der Waals surface area contributed by atoms with Gasteiger partial charge in [0.05, 0.1) is 4.90 Å². The zero-order valence-electron chi connectivity index (χ0n) is 7.97. The third-order valence-corrected chi connectivity index (χ3v) is 3.93. The number of nitrogens with two attached hydrogens (primary N) is 1. The second kappa shape index (κ2) is 4.30. The molecule has 0 amide bonds. The van der Waals surface area contributed by atoms with Gasteiger partial charge in [-0.25, -0.2) is 4.39 Å². The molecule has 0 saturated heterocycles. The lowest BCUT2D eigenvalue weighted by molar-refractivity contribution is 0.612. The Bertz CT molecular complexity index is 315. The summed E-state index contributed by atoms with van der Waals surface area (Å²) in [5.41, 5.74) is 6.18. The monoisotopic (exact) mass is 217 g/mol. The summed E-state index contributed by atoms with van der Waals surface area (Å²) in [5, 5.41) is 0.800. The van der Waals surface area contributed by atoms with Gasteiger partial charge in [0, 0.05) is 11.0 Å². The first kappa shape index (κ1) is 10.8. The zero-order valence-corrected chi connectivity index (χ0v) is 9.68. The molecule has 4 heteroatoms. The Morgan fingerprint density at radius 2 is 2.00 bits per heavy atom. The lowest BCUT2D eigenvalue weighted by Gasteiger charge is -2.11. The van der Waals surface area contributed by atoms with Crippen molar-refractivity contribution in [3.8, 4) is 0 Å². The van der Waals surface area contributed by atoms with Crippen molar-refractivity contribution in [3.05, 3.63) is 17.9 Å². The largest absolute Gasteiger partial charge is 0.398 e. The lowest BCUT2D eigenvalue weighted by Crippen LogP contribution is -2.08. The number of halogens is 1. The van der Waals surface area contributed by atoms with Crippen molar-refractivity contribution in [3.63, 3.8) is 0 Å². The number of anilines is 1. The highest BCUT2D eigenvalue weighted by Crippen LogP contribution is 2.32. The molecule has 1 aromatic rings. The van der Waals surface area contributed by atoms with Crippen LogP contribution in [0.15, 0.2) is 17.0 Å². The van der Waals surface area contributed by atoms with E-state index in [2.05, 4.69) is 0 Å². The van der Waals surface area contributed by atoms with Gasteiger partial charge in [-0.05, 0) is 31.7 Å². The summed E-state index contributed by atoms with van der Waals surface area (Å²) in [4.78, 5) is 0.578. The number of hydrogen-bond donors (Lipinski definition) is 1. The quantitative estimate of drug-likeness (QED) is 0.468. The zero-order chi connectivity index (χ0) is 10.0. The van der Waals surface area contributed by atoms with Crippen molar-refractivity contribution in [2.45, 2.75) is 4.90 Å². The van der Waals surface area contributed by atoms with Gasteiger partial charge in [-0.2, -0.15) is 0 Å². The highest BCUT2D eigenvalue weighted by Gasteiger charge is 2.12. The Labute approximate surface area is 83.7 Å². The van der Waals surface area contributed by atoms with Crippen LogP contribution in [0.2, 0.25) is 0 Å². The summed E-state index contributed by atoms with van der Waals surface area (Å²) in [7, 11) is -0.395. The molecule has 0 radical (unpaired) electrons. The fourth-order valence-corrected chi connectivity index (χ4v) is 2.66. The van der Waals surface area contributed by atoms with E-state index < -0.39 is 7.92 Å². The third kappa shape index (κ3) is 2.15. The van der Waals surface area contributed by atoms with E-state index in [1.165, 1.54) is 11.8 Å². The first-order chi connectivity index (χ1) is 6.07. The van der Waals surface area contributed by atoms with E-state index in [9.17, 15) is 4.39 Å². The van der Waals surface area contributed by atoms with E-state index in [1.807, 2.05) is 19.6 Å². The molecule has 0 heterocycles. The average molecular weight is 217 g/mol. The molecule has 0 aliphatic heterocycles. The summed E-state index contributed by atoms with van der Waals surface area (Å²) >= 11 is 1.36. The van der Waals surface area contributed by atoms with Gasteiger partial charge in [0.1, 0.15) is 5.82 Å². The van der Waals surface area contributed by atoms with Gasteiger partial charge < -0.3 is 5.73 Å². The Morgan fingerprint density at radius 3 is 2.46 bits per heavy atom. The van der Waals surface area contributed by atoms with Gasteiger partial charge >= 0.3 is 0 Å². The molecule has 0 aliphatic carbocycles. The van der Waals surface area contributed by atoms with Gasteiger partial charge in [-0.1, -0.05) is 7.92 Å². The van der Waals surface area contributed by atoms with Crippen molar-refractivity contribution < 1.29 is 4.39 Å². The SMILES string of the molecule is CSc1c(N)ccc(P(C)C)c1F. The molecule has 1 aromatic carbocycles. The van der Waals surface area contributed by atoms with Crippen LogP contribution in [0.25, 0.3) is 0 Å². The van der Waals surface area contributed by atoms with Gasteiger partial charge in [-0.3, -0.25) is 0 Å². The van der Waals surface area contributed by atoms with Gasteiger partial charge in [0.2, 0.25) is 0 Å². The van der Waals surface area contributed by atoms with Crippen LogP contribution in [0.4, 0.5) is 10.1 Å². The van der Waals surface area contributed by atoms with Gasteiger partial charge in [0.15, 0.2) is 0 Å². The standard InChI is InChI=1S/C9H13FNPS/c1-12(2)7-5-4-6(11)9(13-3)8(7)10/h4-5H,11H2,1-3H3. The summed E-state index contributed by atoms with van der Waals surface area (Å²) in [5.74, 6) is -0.136. The molecule has 0 fully saturated rings. The van der Waals surface area contributed by atoms with Crippen molar-refractivity contribution in [2.24, 2.45) is 0 Å². The summed E-state index contributed by atoms with van der Waals surface area (Å²) in [6.07, 6.45) is 1.84. The molecule has 2 N–H and O–H groups in total. The number of nitrogen functional groups attached to an aromatic ring is 1. The smallest absolute Gasteiger partial charge is 0.146 e. The molecule has 0 saturated carbocycles. The molecule has 1 nitrogen and oxygen atoms in total. The van der Waals surface area contributed by atoms with Crippen LogP contribution in [0.5, 0.6) is 0 Å². The van der Waals surface area contributed by atoms with Crippen LogP contribution in [0.3, 0.4) is 0 Å². The van der Waals surface area contributed by atoms with Crippen LogP contribution in [-0.4, -0.2) is 19.6 Å². The molecular formula is C9H13FNPS. The van der Waals surface area contributed by atoms with E-state index in [0.717, 1.165) is 5.30 Å². The van der Waals surface area contributed by atoms with Crippen molar-refractivity contribution in [1.82, 2.24) is 0 Å². The Balaban J connectivity index is 3.27. The van der Waals surface area contributed by atoms with E-state index in [0.29, 0.717) is 10.6 Å². The maximum atomic E-state index is 13.7. The van der Waals surface area contributed by atoms with Crippen LogP contribution < -0.4 is 11.0 Å². The van der Waals surface area contributed by atoms with E-state index in [-0.39, 0.29) is 5.82 Å². The van der Waals surface area contributed by atoms with Gasteiger partial charge in [0.25, 0.3) is 0 Å². The van der Waals surface area contributed by atoms with Crippen molar-refractivity contribution in [2.75, 3.05) is 25.3 Å². The Hall–Kier alpha value is -0.270. The summed E-state index contributed by atoms with van der Waals surface area (Å²) in [6.45, 7) is 4.07. The molecule has 0 aliphatic rings. The molecule has 0 aromatic heterocycles. The van der Waals surface area contributed by atoms with Crippen molar-refractivity contribution >= 4 is 30.7 Å². The average Bonchev–Trinajstić information content (AvgIpc) is 2.04. The minimum atomic E-state index is -0.395. The molecule has 1 rings (SSSR count). The fourth-order valence-electron chi connectivity index (χ4n) is 1.11. The minimum Gasteiger partial charge on any atom is -0.398 e. The number of thioether (sulfide) groups is 1. The first-order valence-electron chi connectivity index (χ1n) is 3.87. The molecular weight excluding hydrogens is 204 g/mol. The topological polar surface area (TPSA) is 26.0 Å². The van der Waals surface area contributed by atoms with Crippen LogP contribution in [0, 0.1) is 5.82 Å². The number of benzene rings is 1. The van der Waals surface area contributed by atoms with E-state index >= 15 is 0 Å². The second-order valence-corrected chi connectivity index (χ2v) is 6.00. The van der Waals surface area contributed by atoms with E-state index in [1.54, 1.807) is 12.1 Å². The molecule has 72 valence electrons. The second-order valence-electron chi connectivity index (χ2n) is 2.92. The molecule has 0 unspecified atom stereocenters. The predicted octanol–water partition coefficient (Wildman–Crippen LogP) is 2.50. The third-order valence-electron chi connectivity index (χ3n) is 1.79. The van der Waals surface area contributed by atoms with Crippen LogP contribution >= 0.6 is 19.7 Å². The number of rotatable bonds is 2. The molecule has 0 spiro atoms. The van der Waals surface area contributed by atoms with Crippen LogP contribution in [0.1, 0.15) is 0 Å². The predicted molar refractivity (Wildman–Crippen MR) is 61.0 cm³/mol. The van der Waals surface area contributed by atoms with Gasteiger partial charge in [-0.15, -0.1) is 11.8 Å². The van der Waals surface area contributed by atoms with E-state index in [4.69, 9.17) is 5.73 Å². The lowest BCUT2D eigenvalue weighted by atomic mass is 10.3.